The molecule has 106 valence electrons. The third kappa shape index (κ3) is 3.65. The summed E-state index contributed by atoms with van der Waals surface area (Å²) >= 11 is 3.22. The molecule has 5 heteroatoms. The summed E-state index contributed by atoms with van der Waals surface area (Å²) in [6.45, 7) is 2.74. The minimum absolute atomic E-state index is 0.171. The maximum absolute atomic E-state index is 12.9. The molecule has 1 aromatic carbocycles. The molecule has 0 bridgehead atoms. The van der Waals surface area contributed by atoms with Gasteiger partial charge in [0.15, 0.2) is 0 Å². The Hall–Kier alpha value is -0.710. The summed E-state index contributed by atoms with van der Waals surface area (Å²) < 4.78 is 39.4. The van der Waals surface area contributed by atoms with E-state index in [1.807, 2.05) is 0 Å². The number of benzene rings is 1. The minimum Gasteiger partial charge on any atom is -0.384 e. The van der Waals surface area contributed by atoms with Crippen molar-refractivity contribution in [2.24, 2.45) is 5.41 Å². The first-order valence-electron chi connectivity index (χ1n) is 6.47. The predicted molar refractivity (Wildman–Crippen MR) is 74.2 cm³/mol. The molecule has 1 N–H and O–H groups in total. The second-order valence-electron chi connectivity index (χ2n) is 5.29. The van der Waals surface area contributed by atoms with Gasteiger partial charge >= 0.3 is 6.18 Å². The standard InChI is InChI=1S/C14H17BrF3N/c1-2-5-13(6-7-13)9-19-12-8-10(15)3-4-11(12)14(16,17)18/h3-4,8,19H,2,5-7,9H2,1H3. The van der Waals surface area contributed by atoms with Gasteiger partial charge in [-0.25, -0.2) is 0 Å². The van der Waals surface area contributed by atoms with Crippen LogP contribution in [-0.2, 0) is 6.18 Å². The number of hydrogen-bond donors (Lipinski definition) is 1. The van der Waals surface area contributed by atoms with Gasteiger partial charge in [0, 0.05) is 16.7 Å². The molecule has 0 unspecified atom stereocenters. The molecule has 19 heavy (non-hydrogen) atoms. The fourth-order valence-electron chi connectivity index (χ4n) is 2.41. The van der Waals surface area contributed by atoms with Gasteiger partial charge < -0.3 is 5.32 Å². The lowest BCUT2D eigenvalue weighted by Gasteiger charge is -2.19. The minimum atomic E-state index is -4.31. The van der Waals surface area contributed by atoms with Crippen molar-refractivity contribution in [2.45, 2.75) is 38.8 Å². The molecule has 1 saturated carbocycles. The third-order valence-electron chi connectivity index (χ3n) is 3.68. The molecule has 1 aromatic rings. The highest BCUT2D eigenvalue weighted by atomic mass is 79.9. The van der Waals surface area contributed by atoms with E-state index >= 15 is 0 Å². The maximum atomic E-state index is 12.9. The van der Waals surface area contributed by atoms with E-state index < -0.39 is 11.7 Å². The lowest BCUT2D eigenvalue weighted by molar-refractivity contribution is -0.137. The van der Waals surface area contributed by atoms with Crippen molar-refractivity contribution in [1.29, 1.82) is 0 Å². The zero-order valence-corrected chi connectivity index (χ0v) is 12.4. The van der Waals surface area contributed by atoms with Crippen LogP contribution in [0.25, 0.3) is 0 Å². The van der Waals surface area contributed by atoms with Crippen molar-refractivity contribution in [3.05, 3.63) is 28.2 Å². The molecule has 0 aliphatic heterocycles. The topological polar surface area (TPSA) is 12.0 Å². The number of hydrogen-bond acceptors (Lipinski definition) is 1. The number of halogens is 4. The molecule has 1 aliphatic rings. The van der Waals surface area contributed by atoms with Crippen LogP contribution in [0.3, 0.4) is 0 Å². The van der Waals surface area contributed by atoms with Crippen LogP contribution in [0.4, 0.5) is 18.9 Å². The van der Waals surface area contributed by atoms with Gasteiger partial charge in [-0.3, -0.25) is 0 Å². The Labute approximate surface area is 119 Å². The summed E-state index contributed by atoms with van der Waals surface area (Å²) in [5.41, 5.74) is -0.202. The molecular formula is C14H17BrF3N. The average molecular weight is 336 g/mol. The Kier molecular flexibility index (Phi) is 4.14. The normalized spacial score (nSPS) is 17.3. The van der Waals surface area contributed by atoms with Crippen molar-refractivity contribution < 1.29 is 13.2 Å². The van der Waals surface area contributed by atoms with Gasteiger partial charge in [-0.2, -0.15) is 13.2 Å². The van der Waals surface area contributed by atoms with Gasteiger partial charge in [-0.05, 0) is 42.9 Å². The highest BCUT2D eigenvalue weighted by Crippen LogP contribution is 2.50. The summed E-state index contributed by atoms with van der Waals surface area (Å²) in [5.74, 6) is 0. The smallest absolute Gasteiger partial charge is 0.384 e. The zero-order valence-electron chi connectivity index (χ0n) is 10.8. The van der Waals surface area contributed by atoms with E-state index in [0.29, 0.717) is 11.0 Å². The Bertz CT molecular complexity index is 452. The lowest BCUT2D eigenvalue weighted by Crippen LogP contribution is -2.18. The molecule has 1 aliphatic carbocycles. The van der Waals surface area contributed by atoms with Gasteiger partial charge in [0.1, 0.15) is 0 Å². The molecule has 1 fully saturated rings. The summed E-state index contributed by atoms with van der Waals surface area (Å²) in [7, 11) is 0. The van der Waals surface area contributed by atoms with Gasteiger partial charge in [0.25, 0.3) is 0 Å². The second kappa shape index (κ2) is 5.35. The van der Waals surface area contributed by atoms with E-state index in [1.54, 1.807) is 0 Å². The molecule has 0 spiro atoms. The molecule has 2 rings (SSSR count). The van der Waals surface area contributed by atoms with Crippen LogP contribution >= 0.6 is 15.9 Å². The summed E-state index contributed by atoms with van der Waals surface area (Å²) in [6.07, 6.45) is 0.0680. The number of nitrogens with one attached hydrogen (secondary N) is 1. The predicted octanol–water partition coefficient (Wildman–Crippen LogP) is 5.46. The molecular weight excluding hydrogens is 319 g/mol. The number of rotatable bonds is 5. The fraction of sp³-hybridized carbons (Fsp3) is 0.571. The fourth-order valence-corrected chi connectivity index (χ4v) is 2.78. The Balaban J connectivity index is 2.13. The van der Waals surface area contributed by atoms with Crippen LogP contribution in [-0.4, -0.2) is 6.54 Å². The largest absolute Gasteiger partial charge is 0.418 e. The maximum Gasteiger partial charge on any atom is 0.418 e. The third-order valence-corrected chi connectivity index (χ3v) is 4.17. The highest BCUT2D eigenvalue weighted by molar-refractivity contribution is 9.10. The van der Waals surface area contributed by atoms with Gasteiger partial charge in [0.05, 0.1) is 5.56 Å². The SMILES string of the molecule is CCCC1(CNc2cc(Br)ccc2C(F)(F)F)CC1. The van der Waals surface area contributed by atoms with Crippen LogP contribution < -0.4 is 5.32 Å². The zero-order chi connectivity index (χ0) is 14.1. The van der Waals surface area contributed by atoms with Gasteiger partial charge in [0.2, 0.25) is 0 Å². The highest BCUT2D eigenvalue weighted by Gasteiger charge is 2.41. The van der Waals surface area contributed by atoms with E-state index in [-0.39, 0.29) is 11.1 Å². The first-order valence-corrected chi connectivity index (χ1v) is 7.26. The molecule has 1 nitrogen and oxygen atoms in total. The Morgan fingerprint density at radius 1 is 1.32 bits per heavy atom. The van der Waals surface area contributed by atoms with Crippen LogP contribution in [0.5, 0.6) is 0 Å². The van der Waals surface area contributed by atoms with Crippen molar-refractivity contribution in [2.75, 3.05) is 11.9 Å². The van der Waals surface area contributed by atoms with Crippen molar-refractivity contribution >= 4 is 21.6 Å². The molecule has 0 heterocycles. The van der Waals surface area contributed by atoms with Crippen molar-refractivity contribution in [1.82, 2.24) is 0 Å². The Morgan fingerprint density at radius 2 is 2.00 bits per heavy atom. The second-order valence-corrected chi connectivity index (χ2v) is 6.21. The summed E-state index contributed by atoms with van der Waals surface area (Å²) in [6, 6.07) is 4.05. The summed E-state index contributed by atoms with van der Waals surface area (Å²) in [5, 5.41) is 3.00. The first kappa shape index (κ1) is 14.7. The summed E-state index contributed by atoms with van der Waals surface area (Å²) in [4.78, 5) is 0. The van der Waals surface area contributed by atoms with Crippen molar-refractivity contribution in [3.63, 3.8) is 0 Å². The molecule has 0 atom stereocenters. The van der Waals surface area contributed by atoms with Crippen LogP contribution in [0, 0.1) is 5.41 Å². The number of anilines is 1. The molecule has 0 aromatic heterocycles. The van der Waals surface area contributed by atoms with E-state index in [1.165, 1.54) is 12.1 Å². The van der Waals surface area contributed by atoms with Crippen LogP contribution in [0.15, 0.2) is 22.7 Å². The number of alkyl halides is 3. The van der Waals surface area contributed by atoms with E-state index in [2.05, 4.69) is 28.2 Å². The van der Waals surface area contributed by atoms with Crippen molar-refractivity contribution in [3.8, 4) is 0 Å². The Morgan fingerprint density at radius 3 is 2.53 bits per heavy atom. The molecule has 0 amide bonds. The van der Waals surface area contributed by atoms with Gasteiger partial charge in [-0.1, -0.05) is 29.3 Å². The van der Waals surface area contributed by atoms with Crippen LogP contribution in [0.2, 0.25) is 0 Å². The van der Waals surface area contributed by atoms with E-state index in [9.17, 15) is 13.2 Å². The average Bonchev–Trinajstić information content (AvgIpc) is 3.06. The van der Waals surface area contributed by atoms with E-state index in [4.69, 9.17) is 0 Å². The van der Waals surface area contributed by atoms with Crippen LogP contribution in [0.1, 0.15) is 38.2 Å². The molecule has 0 saturated heterocycles. The molecule has 0 radical (unpaired) electrons. The monoisotopic (exact) mass is 335 g/mol. The lowest BCUT2D eigenvalue weighted by atomic mass is 10.0. The van der Waals surface area contributed by atoms with Gasteiger partial charge in [-0.15, -0.1) is 0 Å². The quantitative estimate of drug-likeness (QED) is 0.753. The first-order chi connectivity index (χ1) is 8.86. The van der Waals surface area contributed by atoms with E-state index in [0.717, 1.165) is 31.7 Å².